The van der Waals surface area contributed by atoms with Crippen molar-refractivity contribution in [2.75, 3.05) is 0 Å². The third-order valence-electron chi connectivity index (χ3n) is 3.66. The molecule has 0 bridgehead atoms. The second-order valence-electron chi connectivity index (χ2n) is 5.54. The summed E-state index contributed by atoms with van der Waals surface area (Å²) in [4.78, 5) is 16.2. The maximum absolute atomic E-state index is 13.1. The van der Waals surface area contributed by atoms with Crippen molar-refractivity contribution in [3.05, 3.63) is 77.6 Å². The van der Waals surface area contributed by atoms with Gasteiger partial charge < -0.3 is 9.73 Å². The number of benzene rings is 1. The summed E-state index contributed by atoms with van der Waals surface area (Å²) >= 11 is 0. The van der Waals surface area contributed by atoms with Crippen LogP contribution in [0.4, 0.5) is 4.39 Å². The smallest absolute Gasteiger partial charge is 0.287 e. The Balaban J connectivity index is 1.77. The number of aryl methyl sites for hydroxylation is 1. The number of nitrogens with zero attached hydrogens (tertiary/aromatic N) is 1. The molecule has 3 aromatic rings. The van der Waals surface area contributed by atoms with Crippen molar-refractivity contribution in [3.8, 4) is 0 Å². The Morgan fingerprint density at radius 1 is 1.19 bits per heavy atom. The van der Waals surface area contributed by atoms with Gasteiger partial charge >= 0.3 is 0 Å². The van der Waals surface area contributed by atoms with Crippen molar-refractivity contribution in [1.82, 2.24) is 10.3 Å². The Hall–Kier alpha value is -3.00. The fraction of sp³-hybridized carbons (Fsp3) is 0.111. The number of halogens is 1. The topological polar surface area (TPSA) is 89.3 Å². The van der Waals surface area contributed by atoms with E-state index in [0.29, 0.717) is 11.3 Å². The summed E-state index contributed by atoms with van der Waals surface area (Å²) in [6, 6.07) is 11.4. The molecular weight excluding hydrogens is 359 g/mol. The highest BCUT2D eigenvalue weighted by Gasteiger charge is 2.24. The monoisotopic (exact) mass is 374 g/mol. The largest absolute Gasteiger partial charge is 0.439 e. The molecule has 0 aliphatic carbocycles. The maximum atomic E-state index is 13.1. The molecule has 8 heteroatoms. The van der Waals surface area contributed by atoms with E-state index in [-0.39, 0.29) is 22.3 Å². The summed E-state index contributed by atoms with van der Waals surface area (Å²) in [6.45, 7) is 1.66. The van der Waals surface area contributed by atoms with E-state index in [1.54, 1.807) is 25.1 Å². The molecular formula is C18H15FN2O4S. The first-order valence-corrected chi connectivity index (χ1v) is 9.15. The highest BCUT2D eigenvalue weighted by Crippen LogP contribution is 2.25. The molecule has 2 heterocycles. The Morgan fingerprint density at radius 2 is 1.96 bits per heavy atom. The molecule has 134 valence electrons. The van der Waals surface area contributed by atoms with Gasteiger partial charge in [-0.25, -0.2) is 12.8 Å². The average Bonchev–Trinajstić information content (AvgIpc) is 3.11. The van der Waals surface area contributed by atoms with Crippen LogP contribution in [0.15, 0.2) is 69.1 Å². The lowest BCUT2D eigenvalue weighted by atomic mass is 10.2. The molecule has 3 rings (SSSR count). The highest BCUT2D eigenvalue weighted by molar-refractivity contribution is 7.91. The van der Waals surface area contributed by atoms with Crippen molar-refractivity contribution in [2.24, 2.45) is 0 Å². The number of aromatic nitrogens is 1. The van der Waals surface area contributed by atoms with Crippen LogP contribution in [0.5, 0.6) is 0 Å². The van der Waals surface area contributed by atoms with Gasteiger partial charge in [-0.05, 0) is 42.8 Å². The lowest BCUT2D eigenvalue weighted by Gasteiger charge is -2.05. The zero-order chi connectivity index (χ0) is 18.7. The number of amides is 1. The molecule has 2 aromatic heterocycles. The number of carbonyl (C=O) groups excluding carboxylic acids is 1. The molecule has 26 heavy (non-hydrogen) atoms. The summed E-state index contributed by atoms with van der Waals surface area (Å²) < 4.78 is 43.6. The molecule has 0 radical (unpaired) electrons. The minimum Gasteiger partial charge on any atom is -0.439 e. The lowest BCUT2D eigenvalue weighted by Crippen LogP contribution is -2.22. The summed E-state index contributed by atoms with van der Waals surface area (Å²) in [5.74, 6) is -1.25. The van der Waals surface area contributed by atoms with Crippen LogP contribution < -0.4 is 5.32 Å². The third kappa shape index (κ3) is 3.65. The van der Waals surface area contributed by atoms with Gasteiger partial charge in [0.05, 0.1) is 17.1 Å². The second kappa shape index (κ2) is 7.09. The van der Waals surface area contributed by atoms with Crippen LogP contribution in [0, 0.1) is 12.7 Å². The van der Waals surface area contributed by atoms with Gasteiger partial charge in [0.2, 0.25) is 14.9 Å². The molecule has 0 unspecified atom stereocenters. The number of furan rings is 1. The molecule has 0 aliphatic heterocycles. The van der Waals surface area contributed by atoms with E-state index in [2.05, 4.69) is 10.3 Å². The Morgan fingerprint density at radius 3 is 2.69 bits per heavy atom. The average molecular weight is 374 g/mol. The van der Waals surface area contributed by atoms with Crippen LogP contribution in [0.3, 0.4) is 0 Å². The zero-order valence-electron chi connectivity index (χ0n) is 13.8. The van der Waals surface area contributed by atoms with Crippen LogP contribution in [-0.2, 0) is 16.4 Å². The SMILES string of the molecule is Cc1ccccc1S(=O)(=O)c1ccc(C(=O)NCc2cc(F)ccn2)o1. The quantitative estimate of drug-likeness (QED) is 0.742. The van der Waals surface area contributed by atoms with E-state index in [1.807, 2.05) is 0 Å². The van der Waals surface area contributed by atoms with Crippen LogP contribution in [-0.4, -0.2) is 19.3 Å². The van der Waals surface area contributed by atoms with Crippen molar-refractivity contribution >= 4 is 15.7 Å². The van der Waals surface area contributed by atoms with Gasteiger partial charge in [-0.15, -0.1) is 0 Å². The first-order valence-electron chi connectivity index (χ1n) is 7.67. The number of sulfone groups is 1. The molecule has 1 aromatic carbocycles. The summed E-state index contributed by atoms with van der Waals surface area (Å²) in [7, 11) is -3.86. The predicted molar refractivity (Wildman–Crippen MR) is 90.7 cm³/mol. The maximum Gasteiger partial charge on any atom is 0.287 e. The van der Waals surface area contributed by atoms with Crippen molar-refractivity contribution in [1.29, 1.82) is 0 Å². The van der Waals surface area contributed by atoms with Crippen molar-refractivity contribution in [3.63, 3.8) is 0 Å². The summed E-state index contributed by atoms with van der Waals surface area (Å²) in [5, 5.41) is 2.18. The molecule has 0 saturated heterocycles. The molecule has 0 saturated carbocycles. The zero-order valence-corrected chi connectivity index (χ0v) is 14.6. The van der Waals surface area contributed by atoms with Crippen LogP contribution in [0.25, 0.3) is 0 Å². The van der Waals surface area contributed by atoms with E-state index in [0.717, 1.165) is 0 Å². The fourth-order valence-corrected chi connectivity index (χ4v) is 3.77. The summed E-state index contributed by atoms with van der Waals surface area (Å²) in [6.07, 6.45) is 1.29. The molecule has 6 nitrogen and oxygen atoms in total. The van der Waals surface area contributed by atoms with Gasteiger partial charge in [-0.2, -0.15) is 0 Å². The van der Waals surface area contributed by atoms with Gasteiger partial charge in [-0.3, -0.25) is 9.78 Å². The van der Waals surface area contributed by atoms with Crippen LogP contribution in [0.1, 0.15) is 21.8 Å². The Bertz CT molecular complexity index is 1060. The van der Waals surface area contributed by atoms with Crippen LogP contribution in [0.2, 0.25) is 0 Å². The van der Waals surface area contributed by atoms with E-state index in [1.165, 1.54) is 36.5 Å². The van der Waals surface area contributed by atoms with Gasteiger partial charge in [0.25, 0.3) is 5.91 Å². The minimum absolute atomic E-state index is 0.0167. The van der Waals surface area contributed by atoms with Gasteiger partial charge in [0, 0.05) is 6.20 Å². The molecule has 1 amide bonds. The fourth-order valence-electron chi connectivity index (χ4n) is 2.36. The standard InChI is InChI=1S/C18H15FN2O4S/c1-12-4-2-3-5-16(12)26(23,24)17-7-6-15(25-17)18(22)21-11-14-10-13(19)8-9-20-14/h2-10H,11H2,1H3,(H,21,22). The number of hydrogen-bond donors (Lipinski definition) is 1. The number of carbonyl (C=O) groups is 1. The molecule has 0 aliphatic rings. The van der Waals surface area contributed by atoms with Gasteiger partial charge in [-0.1, -0.05) is 18.2 Å². The lowest BCUT2D eigenvalue weighted by molar-refractivity contribution is 0.0917. The molecule has 1 N–H and O–H groups in total. The Kier molecular flexibility index (Phi) is 4.85. The van der Waals surface area contributed by atoms with Gasteiger partial charge in [0.1, 0.15) is 5.82 Å². The second-order valence-corrected chi connectivity index (χ2v) is 7.38. The van der Waals surface area contributed by atoms with Crippen LogP contribution >= 0.6 is 0 Å². The number of rotatable bonds is 5. The minimum atomic E-state index is -3.86. The number of nitrogens with one attached hydrogen (secondary N) is 1. The van der Waals surface area contributed by atoms with E-state index >= 15 is 0 Å². The first kappa shape index (κ1) is 17.8. The molecule has 0 atom stereocenters. The van der Waals surface area contributed by atoms with E-state index in [9.17, 15) is 17.6 Å². The number of hydrogen-bond acceptors (Lipinski definition) is 5. The first-order chi connectivity index (χ1) is 12.4. The number of pyridine rings is 1. The normalized spacial score (nSPS) is 11.3. The van der Waals surface area contributed by atoms with Gasteiger partial charge in [0.15, 0.2) is 5.76 Å². The molecule has 0 fully saturated rings. The highest BCUT2D eigenvalue weighted by atomic mass is 32.2. The third-order valence-corrected chi connectivity index (χ3v) is 5.45. The predicted octanol–water partition coefficient (Wildman–Crippen LogP) is 2.88. The van der Waals surface area contributed by atoms with E-state index < -0.39 is 21.6 Å². The Labute approximate surface area is 149 Å². The van der Waals surface area contributed by atoms with Crippen molar-refractivity contribution in [2.45, 2.75) is 23.5 Å². The van der Waals surface area contributed by atoms with E-state index in [4.69, 9.17) is 4.42 Å². The van der Waals surface area contributed by atoms with Crippen molar-refractivity contribution < 1.29 is 22.0 Å². The summed E-state index contributed by atoms with van der Waals surface area (Å²) in [5.41, 5.74) is 0.907. The molecule has 0 spiro atoms.